The normalized spacial score (nSPS) is 35.2. The summed E-state index contributed by atoms with van der Waals surface area (Å²) in [5, 5.41) is 0. The lowest BCUT2D eigenvalue weighted by atomic mass is 9.90. The van der Waals surface area contributed by atoms with E-state index in [9.17, 15) is 0 Å². The Labute approximate surface area is 111 Å². The molecule has 4 heteroatoms. The fraction of sp³-hybridized carbons (Fsp3) is 1.00. The van der Waals surface area contributed by atoms with Crippen molar-refractivity contribution in [3.8, 4) is 0 Å². The quantitative estimate of drug-likeness (QED) is 0.811. The monoisotopic (exact) mass is 256 g/mol. The van der Waals surface area contributed by atoms with Gasteiger partial charge < -0.3 is 20.1 Å². The van der Waals surface area contributed by atoms with Gasteiger partial charge in [-0.1, -0.05) is 6.92 Å². The average Bonchev–Trinajstić information content (AvgIpc) is 2.72. The maximum Gasteiger partial charge on any atom is 0.166 e. The summed E-state index contributed by atoms with van der Waals surface area (Å²) in [5.41, 5.74) is 5.57. The summed E-state index contributed by atoms with van der Waals surface area (Å²) in [6, 6.07) is 0. The van der Waals surface area contributed by atoms with E-state index in [1.165, 1.54) is 32.5 Å². The smallest absolute Gasteiger partial charge is 0.166 e. The number of piperidine rings is 1. The molecule has 0 aromatic carbocycles. The van der Waals surface area contributed by atoms with E-state index in [-0.39, 0.29) is 11.9 Å². The topological polar surface area (TPSA) is 47.7 Å². The molecular formula is C14H28N2O2. The van der Waals surface area contributed by atoms with Gasteiger partial charge >= 0.3 is 0 Å². The summed E-state index contributed by atoms with van der Waals surface area (Å²) in [6.07, 6.45) is 4.70. The van der Waals surface area contributed by atoms with Gasteiger partial charge in [-0.2, -0.15) is 0 Å². The molecule has 2 heterocycles. The van der Waals surface area contributed by atoms with Gasteiger partial charge in [-0.3, -0.25) is 0 Å². The first-order valence-electron chi connectivity index (χ1n) is 7.39. The van der Waals surface area contributed by atoms with Crippen LogP contribution in [-0.2, 0) is 9.47 Å². The third-order valence-electron chi connectivity index (χ3n) is 4.29. The SMILES string of the molecule is CCN1CCC(CC2(C)OCC(CCN)O2)CC1. The van der Waals surface area contributed by atoms with Gasteiger partial charge in [-0.15, -0.1) is 0 Å². The Morgan fingerprint density at radius 1 is 1.33 bits per heavy atom. The van der Waals surface area contributed by atoms with Gasteiger partial charge in [0.05, 0.1) is 12.7 Å². The summed E-state index contributed by atoms with van der Waals surface area (Å²) in [5.74, 6) is 0.383. The molecule has 0 bridgehead atoms. The van der Waals surface area contributed by atoms with Gasteiger partial charge in [0.2, 0.25) is 0 Å². The van der Waals surface area contributed by atoms with Crippen molar-refractivity contribution in [2.75, 3.05) is 32.8 Å². The molecule has 18 heavy (non-hydrogen) atoms. The van der Waals surface area contributed by atoms with Crippen LogP contribution in [0.2, 0.25) is 0 Å². The fourth-order valence-corrected chi connectivity index (χ4v) is 3.16. The summed E-state index contributed by atoms with van der Waals surface area (Å²) < 4.78 is 11.9. The molecule has 0 aromatic rings. The third kappa shape index (κ3) is 3.67. The Balaban J connectivity index is 1.76. The molecule has 0 spiro atoms. The van der Waals surface area contributed by atoms with Gasteiger partial charge in [0.15, 0.2) is 5.79 Å². The van der Waals surface area contributed by atoms with Crippen molar-refractivity contribution in [1.29, 1.82) is 0 Å². The highest BCUT2D eigenvalue weighted by Crippen LogP contribution is 2.34. The first-order chi connectivity index (χ1) is 8.65. The van der Waals surface area contributed by atoms with Crippen LogP contribution < -0.4 is 5.73 Å². The van der Waals surface area contributed by atoms with Gasteiger partial charge in [0.1, 0.15) is 0 Å². The molecule has 4 nitrogen and oxygen atoms in total. The summed E-state index contributed by atoms with van der Waals surface area (Å²) in [4.78, 5) is 2.52. The molecule has 2 N–H and O–H groups in total. The number of nitrogens with zero attached hydrogens (tertiary/aromatic N) is 1. The van der Waals surface area contributed by atoms with Crippen molar-refractivity contribution in [2.45, 2.75) is 51.4 Å². The highest BCUT2D eigenvalue weighted by atomic mass is 16.7. The molecule has 2 atom stereocenters. The predicted molar refractivity (Wildman–Crippen MR) is 72.4 cm³/mol. The lowest BCUT2D eigenvalue weighted by Gasteiger charge is -2.35. The van der Waals surface area contributed by atoms with E-state index < -0.39 is 0 Å². The number of likely N-dealkylation sites (tertiary alicyclic amines) is 1. The van der Waals surface area contributed by atoms with Gasteiger partial charge in [-0.05, 0) is 58.3 Å². The standard InChI is InChI=1S/C14H28N2O2/c1-3-16-8-5-12(6-9-16)10-14(2)17-11-13(18-14)4-7-15/h12-13H,3-11,15H2,1-2H3. The molecule has 106 valence electrons. The first kappa shape index (κ1) is 14.3. The fourth-order valence-electron chi connectivity index (χ4n) is 3.16. The van der Waals surface area contributed by atoms with Gasteiger partial charge in [0, 0.05) is 6.42 Å². The average molecular weight is 256 g/mol. The number of ether oxygens (including phenoxy) is 2. The number of hydrogen-bond acceptors (Lipinski definition) is 4. The van der Waals surface area contributed by atoms with Crippen LogP contribution in [0, 0.1) is 5.92 Å². The maximum absolute atomic E-state index is 6.03. The molecule has 2 fully saturated rings. The summed E-state index contributed by atoms with van der Waals surface area (Å²) in [6.45, 7) is 9.35. The number of hydrogen-bond donors (Lipinski definition) is 1. The van der Waals surface area contributed by atoms with Crippen molar-refractivity contribution in [3.05, 3.63) is 0 Å². The summed E-state index contributed by atoms with van der Waals surface area (Å²) >= 11 is 0. The van der Waals surface area contributed by atoms with Crippen molar-refractivity contribution in [3.63, 3.8) is 0 Å². The second-order valence-electron chi connectivity index (χ2n) is 5.84. The Kier molecular flexibility index (Phi) is 5.01. The first-order valence-corrected chi connectivity index (χ1v) is 7.39. The molecule has 0 aliphatic carbocycles. The minimum Gasteiger partial charge on any atom is -0.348 e. The Bertz CT molecular complexity index is 254. The van der Waals surface area contributed by atoms with E-state index in [1.54, 1.807) is 0 Å². The minimum atomic E-state index is -0.362. The van der Waals surface area contributed by atoms with E-state index in [0.29, 0.717) is 13.2 Å². The highest BCUT2D eigenvalue weighted by Gasteiger charge is 2.39. The largest absolute Gasteiger partial charge is 0.348 e. The van der Waals surface area contributed by atoms with E-state index in [4.69, 9.17) is 15.2 Å². The highest BCUT2D eigenvalue weighted by molar-refractivity contribution is 4.81. The molecule has 0 aromatic heterocycles. The number of rotatable bonds is 5. The molecule has 2 aliphatic heterocycles. The Morgan fingerprint density at radius 3 is 2.67 bits per heavy atom. The van der Waals surface area contributed by atoms with E-state index in [1.807, 2.05) is 0 Å². The molecule has 0 radical (unpaired) electrons. The van der Waals surface area contributed by atoms with E-state index in [2.05, 4.69) is 18.7 Å². The summed E-state index contributed by atoms with van der Waals surface area (Å²) in [7, 11) is 0. The van der Waals surface area contributed by atoms with E-state index >= 15 is 0 Å². The van der Waals surface area contributed by atoms with Crippen molar-refractivity contribution in [2.24, 2.45) is 11.7 Å². The van der Waals surface area contributed by atoms with Crippen LogP contribution in [0.5, 0.6) is 0 Å². The molecule has 0 saturated carbocycles. The Hall–Kier alpha value is -0.160. The zero-order valence-electron chi connectivity index (χ0n) is 11.9. The van der Waals surface area contributed by atoms with Crippen molar-refractivity contribution < 1.29 is 9.47 Å². The van der Waals surface area contributed by atoms with Crippen LogP contribution in [0.1, 0.15) is 39.5 Å². The molecule has 0 amide bonds. The van der Waals surface area contributed by atoms with Crippen LogP contribution >= 0.6 is 0 Å². The second kappa shape index (κ2) is 6.33. The van der Waals surface area contributed by atoms with Crippen molar-refractivity contribution >= 4 is 0 Å². The second-order valence-corrected chi connectivity index (χ2v) is 5.84. The van der Waals surface area contributed by atoms with Crippen LogP contribution in [-0.4, -0.2) is 49.6 Å². The Morgan fingerprint density at radius 2 is 2.06 bits per heavy atom. The lowest BCUT2D eigenvalue weighted by Crippen LogP contribution is -2.37. The van der Waals surface area contributed by atoms with Crippen LogP contribution in [0.3, 0.4) is 0 Å². The molecule has 2 unspecified atom stereocenters. The third-order valence-corrected chi connectivity index (χ3v) is 4.29. The number of nitrogens with two attached hydrogens (primary N) is 1. The molecule has 2 rings (SSSR count). The predicted octanol–water partition coefficient (Wildman–Crippen LogP) is 1.59. The zero-order valence-corrected chi connectivity index (χ0v) is 11.9. The maximum atomic E-state index is 6.03. The van der Waals surface area contributed by atoms with Gasteiger partial charge in [-0.25, -0.2) is 0 Å². The van der Waals surface area contributed by atoms with Gasteiger partial charge in [0.25, 0.3) is 0 Å². The molecule has 2 aliphatic rings. The zero-order chi connectivity index (χ0) is 13.0. The van der Waals surface area contributed by atoms with Crippen LogP contribution in [0.15, 0.2) is 0 Å². The lowest BCUT2D eigenvalue weighted by molar-refractivity contribution is -0.168. The van der Waals surface area contributed by atoms with Crippen LogP contribution in [0.25, 0.3) is 0 Å². The molecule has 2 saturated heterocycles. The molecular weight excluding hydrogens is 228 g/mol. The minimum absolute atomic E-state index is 0.204. The van der Waals surface area contributed by atoms with E-state index in [0.717, 1.165) is 18.8 Å². The van der Waals surface area contributed by atoms with Crippen molar-refractivity contribution in [1.82, 2.24) is 4.90 Å². The van der Waals surface area contributed by atoms with Crippen LogP contribution in [0.4, 0.5) is 0 Å².